The van der Waals surface area contributed by atoms with Crippen molar-refractivity contribution in [2.75, 3.05) is 0 Å². The third kappa shape index (κ3) is 0.995. The van der Waals surface area contributed by atoms with Crippen LogP contribution in [0.15, 0.2) is 21.7 Å². The lowest BCUT2D eigenvalue weighted by atomic mass is 10.3. The van der Waals surface area contributed by atoms with E-state index in [0.29, 0.717) is 13.1 Å². The molecule has 0 N–H and O–H groups in total. The van der Waals surface area contributed by atoms with E-state index in [1.807, 2.05) is 0 Å². The van der Waals surface area contributed by atoms with E-state index in [0.717, 1.165) is 12.8 Å². The maximum Gasteiger partial charge on any atom is 0.265 e. The number of nitrogens with zero attached hydrogens (tertiary/aromatic N) is 2. The van der Waals surface area contributed by atoms with Crippen LogP contribution in [0.1, 0.15) is 12.8 Å². The van der Waals surface area contributed by atoms with Crippen molar-refractivity contribution in [3.05, 3.63) is 32.8 Å². The summed E-state index contributed by atoms with van der Waals surface area (Å²) in [6.45, 7) is 1.35. The van der Waals surface area contributed by atoms with E-state index in [-0.39, 0.29) is 11.1 Å². The van der Waals surface area contributed by atoms with E-state index in [1.54, 1.807) is 0 Å². The highest BCUT2D eigenvalue weighted by Gasteiger charge is 2.08. The van der Waals surface area contributed by atoms with Crippen LogP contribution >= 0.6 is 0 Å². The molecule has 0 bridgehead atoms. The minimum absolute atomic E-state index is 0.0747. The second-order valence-corrected chi connectivity index (χ2v) is 2.96. The second-order valence-electron chi connectivity index (χ2n) is 2.96. The average Bonchev–Trinajstić information content (AvgIpc) is 2.12. The minimum atomic E-state index is -0.0747. The zero-order valence-electron chi connectivity index (χ0n) is 6.69. The Morgan fingerprint density at radius 2 is 1.33 bits per heavy atom. The monoisotopic (exact) mass is 166 g/mol. The highest BCUT2D eigenvalue weighted by atomic mass is 16.2. The molecular formula is C8H10N2O2. The summed E-state index contributed by atoms with van der Waals surface area (Å²) in [6, 6.07) is 2.67. The number of rotatable bonds is 0. The quantitative estimate of drug-likeness (QED) is 0.536. The molecule has 4 heteroatoms. The maximum atomic E-state index is 11.2. The summed E-state index contributed by atoms with van der Waals surface area (Å²) in [5, 5.41) is 0. The van der Waals surface area contributed by atoms with Gasteiger partial charge in [0.05, 0.1) is 0 Å². The molecule has 0 aliphatic carbocycles. The van der Waals surface area contributed by atoms with Crippen LogP contribution in [0.25, 0.3) is 0 Å². The van der Waals surface area contributed by atoms with Gasteiger partial charge >= 0.3 is 0 Å². The minimum Gasteiger partial charge on any atom is -0.268 e. The molecule has 2 heterocycles. The Bertz CT molecular complexity index is 363. The van der Waals surface area contributed by atoms with Gasteiger partial charge in [-0.15, -0.1) is 0 Å². The molecule has 12 heavy (non-hydrogen) atoms. The molecule has 64 valence electrons. The Kier molecular flexibility index (Phi) is 1.60. The highest BCUT2D eigenvalue weighted by Crippen LogP contribution is 2.00. The molecule has 0 unspecified atom stereocenters. The van der Waals surface area contributed by atoms with Crippen molar-refractivity contribution >= 4 is 0 Å². The molecule has 2 rings (SSSR count). The van der Waals surface area contributed by atoms with Gasteiger partial charge in [0.2, 0.25) is 0 Å². The Hall–Kier alpha value is -1.32. The molecule has 1 aromatic heterocycles. The van der Waals surface area contributed by atoms with Crippen LogP contribution in [-0.4, -0.2) is 9.36 Å². The van der Waals surface area contributed by atoms with Gasteiger partial charge in [0.15, 0.2) is 0 Å². The van der Waals surface area contributed by atoms with Crippen molar-refractivity contribution in [3.8, 4) is 0 Å². The summed E-state index contributed by atoms with van der Waals surface area (Å²) < 4.78 is 3.04. The molecular weight excluding hydrogens is 156 g/mol. The van der Waals surface area contributed by atoms with Gasteiger partial charge < -0.3 is 0 Å². The van der Waals surface area contributed by atoms with Crippen LogP contribution < -0.4 is 11.1 Å². The van der Waals surface area contributed by atoms with Gasteiger partial charge in [-0.05, 0) is 12.8 Å². The van der Waals surface area contributed by atoms with Gasteiger partial charge in [0.1, 0.15) is 0 Å². The second kappa shape index (κ2) is 2.62. The van der Waals surface area contributed by atoms with Crippen LogP contribution in [0.4, 0.5) is 0 Å². The van der Waals surface area contributed by atoms with Crippen molar-refractivity contribution in [2.45, 2.75) is 25.9 Å². The van der Waals surface area contributed by atoms with Gasteiger partial charge in [-0.2, -0.15) is 0 Å². The van der Waals surface area contributed by atoms with E-state index in [2.05, 4.69) is 0 Å². The lowest BCUT2D eigenvalue weighted by Crippen LogP contribution is -2.40. The first kappa shape index (κ1) is 7.34. The molecule has 0 atom stereocenters. The van der Waals surface area contributed by atoms with Gasteiger partial charge in [-0.3, -0.25) is 9.59 Å². The van der Waals surface area contributed by atoms with Crippen molar-refractivity contribution in [1.29, 1.82) is 0 Å². The SMILES string of the molecule is O=c1ccc(=O)n2n1CCCC2. The number of fused-ring (bicyclic) bond motifs is 1. The molecule has 0 spiro atoms. The van der Waals surface area contributed by atoms with Crippen LogP contribution in [-0.2, 0) is 13.1 Å². The first-order valence-corrected chi connectivity index (χ1v) is 4.10. The number of hydrogen-bond acceptors (Lipinski definition) is 2. The zero-order chi connectivity index (χ0) is 8.55. The van der Waals surface area contributed by atoms with E-state index in [9.17, 15) is 9.59 Å². The van der Waals surface area contributed by atoms with E-state index in [4.69, 9.17) is 0 Å². The molecule has 1 aromatic rings. The van der Waals surface area contributed by atoms with Crippen LogP contribution in [0, 0.1) is 0 Å². The smallest absolute Gasteiger partial charge is 0.265 e. The molecule has 0 saturated carbocycles. The number of aromatic nitrogens is 2. The fourth-order valence-corrected chi connectivity index (χ4v) is 1.54. The normalized spacial score (nSPS) is 15.7. The summed E-state index contributed by atoms with van der Waals surface area (Å²) in [7, 11) is 0. The lowest BCUT2D eigenvalue weighted by Gasteiger charge is -2.19. The molecule has 4 nitrogen and oxygen atoms in total. The van der Waals surface area contributed by atoms with Crippen LogP contribution in [0.2, 0.25) is 0 Å². The fourth-order valence-electron chi connectivity index (χ4n) is 1.54. The highest BCUT2D eigenvalue weighted by molar-refractivity contribution is 4.89. The Morgan fingerprint density at radius 3 is 1.75 bits per heavy atom. The van der Waals surface area contributed by atoms with E-state index < -0.39 is 0 Å². The van der Waals surface area contributed by atoms with Crippen molar-refractivity contribution < 1.29 is 0 Å². The lowest BCUT2D eigenvalue weighted by molar-refractivity contribution is 0.332. The summed E-state index contributed by atoms with van der Waals surface area (Å²) in [6.07, 6.45) is 1.98. The Balaban J connectivity index is 2.73. The summed E-state index contributed by atoms with van der Waals surface area (Å²) in [4.78, 5) is 22.4. The molecule has 1 aliphatic rings. The zero-order valence-corrected chi connectivity index (χ0v) is 6.69. The molecule has 0 radical (unpaired) electrons. The molecule has 0 aromatic carbocycles. The van der Waals surface area contributed by atoms with Gasteiger partial charge in [0, 0.05) is 25.2 Å². The summed E-state index contributed by atoms with van der Waals surface area (Å²) >= 11 is 0. The fraction of sp³-hybridized carbons (Fsp3) is 0.500. The van der Waals surface area contributed by atoms with Crippen molar-refractivity contribution in [1.82, 2.24) is 9.36 Å². The summed E-state index contributed by atoms with van der Waals surface area (Å²) in [5.41, 5.74) is -0.149. The summed E-state index contributed by atoms with van der Waals surface area (Å²) in [5.74, 6) is 0. The topological polar surface area (TPSA) is 44.0 Å². The largest absolute Gasteiger partial charge is 0.268 e. The Morgan fingerprint density at radius 1 is 0.917 bits per heavy atom. The van der Waals surface area contributed by atoms with Crippen LogP contribution in [0.5, 0.6) is 0 Å². The van der Waals surface area contributed by atoms with Crippen LogP contribution in [0.3, 0.4) is 0 Å². The molecule has 0 fully saturated rings. The van der Waals surface area contributed by atoms with E-state index >= 15 is 0 Å². The predicted molar refractivity (Wildman–Crippen MR) is 44.2 cm³/mol. The van der Waals surface area contributed by atoms with Gasteiger partial charge in [-0.1, -0.05) is 0 Å². The first-order chi connectivity index (χ1) is 5.79. The first-order valence-electron chi connectivity index (χ1n) is 4.10. The van der Waals surface area contributed by atoms with Gasteiger partial charge in [-0.25, -0.2) is 9.36 Å². The molecule has 1 aliphatic heterocycles. The Labute approximate surface area is 69.0 Å². The standard InChI is InChI=1S/C8H10N2O2/c11-7-3-4-8(12)10-6-2-1-5-9(7)10/h3-4H,1-2,5-6H2. The molecule has 0 saturated heterocycles. The number of hydrogen-bond donors (Lipinski definition) is 0. The third-order valence-electron chi connectivity index (χ3n) is 2.16. The average molecular weight is 166 g/mol. The predicted octanol–water partition coefficient (Wildman–Crippen LogP) is -0.196. The van der Waals surface area contributed by atoms with Gasteiger partial charge in [0.25, 0.3) is 11.1 Å². The van der Waals surface area contributed by atoms with Crippen molar-refractivity contribution in [3.63, 3.8) is 0 Å². The third-order valence-corrected chi connectivity index (χ3v) is 2.16. The molecule has 0 amide bonds. The van der Waals surface area contributed by atoms with Crippen molar-refractivity contribution in [2.24, 2.45) is 0 Å². The van der Waals surface area contributed by atoms with E-state index in [1.165, 1.54) is 21.5 Å². The maximum absolute atomic E-state index is 11.2.